The molecule has 26 heavy (non-hydrogen) atoms. The van der Waals surface area contributed by atoms with Crippen LogP contribution in [0.25, 0.3) is 10.2 Å². The van der Waals surface area contributed by atoms with E-state index >= 15 is 0 Å². The summed E-state index contributed by atoms with van der Waals surface area (Å²) in [5, 5.41) is 3.57. The van der Waals surface area contributed by atoms with Crippen molar-refractivity contribution >= 4 is 45.1 Å². The second-order valence-corrected chi connectivity index (χ2v) is 7.01. The predicted octanol–water partition coefficient (Wildman–Crippen LogP) is 3.61. The molecule has 3 aromatic rings. The van der Waals surface area contributed by atoms with Gasteiger partial charge in [-0.05, 0) is 42.6 Å². The minimum absolute atomic E-state index is 0.0819. The molecule has 0 radical (unpaired) electrons. The van der Waals surface area contributed by atoms with E-state index < -0.39 is 5.97 Å². The molecule has 0 spiro atoms. The summed E-state index contributed by atoms with van der Waals surface area (Å²) in [6, 6.07) is 8.67. The molecule has 1 aromatic carbocycles. The van der Waals surface area contributed by atoms with Crippen LogP contribution in [0, 0.1) is 0 Å². The van der Waals surface area contributed by atoms with Gasteiger partial charge in [0.15, 0.2) is 12.4 Å². The lowest BCUT2D eigenvalue weighted by molar-refractivity contribution is -0.139. The van der Waals surface area contributed by atoms with Crippen LogP contribution in [0.4, 0.5) is 0 Å². The second-order valence-electron chi connectivity index (χ2n) is 5.15. The van der Waals surface area contributed by atoms with Gasteiger partial charge in [0.2, 0.25) is 0 Å². The van der Waals surface area contributed by atoms with Gasteiger partial charge in [0, 0.05) is 10.9 Å². The largest absolute Gasteiger partial charge is 0.494 e. The van der Waals surface area contributed by atoms with E-state index in [-0.39, 0.29) is 18.1 Å². The molecule has 0 aliphatic carbocycles. The third kappa shape index (κ3) is 4.59. The first-order valence-corrected chi connectivity index (χ1v) is 9.76. The maximum atomic E-state index is 12.1. The molecule has 2 heterocycles. The number of rotatable bonds is 8. The third-order valence-corrected chi connectivity index (χ3v) is 5.20. The fraction of sp³-hybridized carbons (Fsp3) is 0.222. The molecule has 0 N–H and O–H groups in total. The fourth-order valence-corrected chi connectivity index (χ4v) is 3.76. The molecule has 6 nitrogen and oxygen atoms in total. The molecule has 0 saturated carbocycles. The van der Waals surface area contributed by atoms with E-state index in [1.54, 1.807) is 24.3 Å². The Morgan fingerprint density at radius 2 is 1.96 bits per heavy atom. The molecule has 3 rings (SSSR count). The Morgan fingerprint density at radius 3 is 2.73 bits per heavy atom. The van der Waals surface area contributed by atoms with E-state index in [0.29, 0.717) is 17.9 Å². The Kier molecular flexibility index (Phi) is 6.19. The number of thiophene rings is 1. The average Bonchev–Trinajstić information content (AvgIpc) is 3.14. The molecule has 8 heteroatoms. The van der Waals surface area contributed by atoms with E-state index in [2.05, 4.69) is 9.97 Å². The zero-order chi connectivity index (χ0) is 18.4. The number of benzene rings is 1. The van der Waals surface area contributed by atoms with E-state index in [9.17, 15) is 9.59 Å². The summed E-state index contributed by atoms with van der Waals surface area (Å²) in [5.41, 5.74) is 0.477. The lowest BCUT2D eigenvalue weighted by Crippen LogP contribution is -2.15. The number of ketones is 1. The molecule has 0 aliphatic rings. The molecular weight excluding hydrogens is 372 g/mol. The molecule has 0 bridgehead atoms. The van der Waals surface area contributed by atoms with Crippen LogP contribution in [-0.2, 0) is 9.53 Å². The minimum Gasteiger partial charge on any atom is -0.494 e. The van der Waals surface area contributed by atoms with Gasteiger partial charge in [-0.3, -0.25) is 9.59 Å². The number of hydrogen-bond donors (Lipinski definition) is 0. The van der Waals surface area contributed by atoms with Crippen molar-refractivity contribution in [2.75, 3.05) is 19.0 Å². The zero-order valence-corrected chi connectivity index (χ0v) is 15.6. The smallest absolute Gasteiger partial charge is 0.316 e. The number of nitrogens with zero attached hydrogens (tertiary/aromatic N) is 2. The number of ether oxygens (including phenoxy) is 2. The van der Waals surface area contributed by atoms with Crippen LogP contribution in [0.1, 0.15) is 17.3 Å². The number of carbonyl (C=O) groups excluding carboxylic acids is 2. The van der Waals surface area contributed by atoms with E-state index in [4.69, 9.17) is 9.47 Å². The molecule has 134 valence electrons. The molecule has 2 aromatic heterocycles. The molecular formula is C18H16N2O4S2. The molecule has 0 atom stereocenters. The number of hydrogen-bond acceptors (Lipinski definition) is 8. The number of aromatic nitrogens is 2. The van der Waals surface area contributed by atoms with E-state index in [1.807, 2.05) is 18.4 Å². The third-order valence-electron chi connectivity index (χ3n) is 3.40. The van der Waals surface area contributed by atoms with Crippen molar-refractivity contribution in [3.63, 3.8) is 0 Å². The second kappa shape index (κ2) is 8.77. The van der Waals surface area contributed by atoms with Gasteiger partial charge in [0.1, 0.15) is 21.9 Å². The van der Waals surface area contributed by atoms with Gasteiger partial charge in [-0.2, -0.15) is 0 Å². The van der Waals surface area contributed by atoms with Gasteiger partial charge in [-0.1, -0.05) is 11.8 Å². The van der Waals surface area contributed by atoms with Crippen molar-refractivity contribution in [3.05, 3.63) is 47.6 Å². The Hall–Kier alpha value is -2.45. The van der Waals surface area contributed by atoms with Crippen LogP contribution >= 0.6 is 23.1 Å². The topological polar surface area (TPSA) is 78.4 Å². The summed E-state index contributed by atoms with van der Waals surface area (Å²) in [6.45, 7) is 2.17. The summed E-state index contributed by atoms with van der Waals surface area (Å²) in [4.78, 5) is 33.2. The van der Waals surface area contributed by atoms with Crippen molar-refractivity contribution in [2.45, 2.75) is 11.9 Å². The maximum absolute atomic E-state index is 12.1. The van der Waals surface area contributed by atoms with Crippen molar-refractivity contribution in [1.82, 2.24) is 9.97 Å². The van der Waals surface area contributed by atoms with E-state index in [0.717, 1.165) is 15.2 Å². The summed E-state index contributed by atoms with van der Waals surface area (Å²) in [5.74, 6) is 0.0605. The first-order chi connectivity index (χ1) is 12.7. The standard InChI is InChI=1S/C18H16N2O4S2/c1-2-23-13-5-3-12(4-6-13)15(21)9-24-16(22)10-26-18-14-7-8-25-17(14)19-11-20-18/h3-8,11H,2,9-10H2,1H3. The summed E-state index contributed by atoms with van der Waals surface area (Å²) in [7, 11) is 0. The Morgan fingerprint density at radius 1 is 1.15 bits per heavy atom. The van der Waals surface area contributed by atoms with Gasteiger partial charge >= 0.3 is 5.97 Å². The predicted molar refractivity (Wildman–Crippen MR) is 101 cm³/mol. The highest BCUT2D eigenvalue weighted by molar-refractivity contribution is 8.00. The highest BCUT2D eigenvalue weighted by Gasteiger charge is 2.12. The number of esters is 1. The molecule has 0 amide bonds. The van der Waals surface area contributed by atoms with Gasteiger partial charge in [-0.15, -0.1) is 11.3 Å². The fourth-order valence-electron chi connectivity index (χ4n) is 2.18. The van der Waals surface area contributed by atoms with Crippen molar-refractivity contribution < 1.29 is 19.1 Å². The summed E-state index contributed by atoms with van der Waals surface area (Å²) >= 11 is 2.79. The summed E-state index contributed by atoms with van der Waals surface area (Å²) < 4.78 is 10.4. The van der Waals surface area contributed by atoms with Crippen LogP contribution in [0.3, 0.4) is 0 Å². The average molecular weight is 388 g/mol. The summed E-state index contributed by atoms with van der Waals surface area (Å²) in [6.07, 6.45) is 1.47. The van der Waals surface area contributed by atoms with Crippen molar-refractivity contribution in [2.24, 2.45) is 0 Å². The highest BCUT2D eigenvalue weighted by atomic mass is 32.2. The Labute approximate surface area is 158 Å². The maximum Gasteiger partial charge on any atom is 0.316 e. The lowest BCUT2D eigenvalue weighted by Gasteiger charge is -2.06. The van der Waals surface area contributed by atoms with Crippen LogP contribution < -0.4 is 4.74 Å². The van der Waals surface area contributed by atoms with Gasteiger partial charge in [-0.25, -0.2) is 9.97 Å². The molecule has 0 fully saturated rings. The molecule has 0 aliphatic heterocycles. The number of fused-ring (bicyclic) bond motifs is 1. The number of carbonyl (C=O) groups is 2. The molecule has 0 saturated heterocycles. The normalized spacial score (nSPS) is 10.7. The van der Waals surface area contributed by atoms with Gasteiger partial charge in [0.25, 0.3) is 0 Å². The van der Waals surface area contributed by atoms with Crippen molar-refractivity contribution in [1.29, 1.82) is 0 Å². The number of thioether (sulfide) groups is 1. The Balaban J connectivity index is 1.49. The van der Waals surface area contributed by atoms with Gasteiger partial charge in [0.05, 0.1) is 12.4 Å². The van der Waals surface area contributed by atoms with Crippen LogP contribution in [0.15, 0.2) is 47.1 Å². The van der Waals surface area contributed by atoms with Gasteiger partial charge < -0.3 is 9.47 Å². The lowest BCUT2D eigenvalue weighted by atomic mass is 10.1. The van der Waals surface area contributed by atoms with Crippen molar-refractivity contribution in [3.8, 4) is 5.75 Å². The Bertz CT molecular complexity index is 909. The monoisotopic (exact) mass is 388 g/mol. The van der Waals surface area contributed by atoms with Crippen LogP contribution in [-0.4, -0.2) is 40.7 Å². The van der Waals surface area contributed by atoms with E-state index in [1.165, 1.54) is 29.4 Å². The number of Topliss-reactive ketones (excluding diaryl/α,β-unsaturated/α-hetero) is 1. The first-order valence-electron chi connectivity index (χ1n) is 7.90. The molecule has 0 unspecified atom stereocenters. The zero-order valence-electron chi connectivity index (χ0n) is 14.0. The minimum atomic E-state index is -0.462. The first kappa shape index (κ1) is 18.3. The van der Waals surface area contributed by atoms with Crippen LogP contribution in [0.2, 0.25) is 0 Å². The quantitative estimate of drug-likeness (QED) is 0.252. The van der Waals surface area contributed by atoms with Crippen LogP contribution in [0.5, 0.6) is 5.75 Å². The SMILES string of the molecule is CCOc1ccc(C(=O)COC(=O)CSc2ncnc3sccc23)cc1. The highest BCUT2D eigenvalue weighted by Crippen LogP contribution is 2.27.